The molecular weight excluding hydrogens is 375 g/mol. The molecule has 0 amide bonds. The average Bonchev–Trinajstić information content (AvgIpc) is 3.34. The summed E-state index contributed by atoms with van der Waals surface area (Å²) in [5.74, 6) is 0. The van der Waals surface area contributed by atoms with Crippen LogP contribution < -0.4 is 5.56 Å². The van der Waals surface area contributed by atoms with Crippen LogP contribution in [0.3, 0.4) is 0 Å². The highest BCUT2D eigenvalue weighted by molar-refractivity contribution is 6.38. The van der Waals surface area contributed by atoms with Crippen molar-refractivity contribution in [2.24, 2.45) is 0 Å². The van der Waals surface area contributed by atoms with E-state index in [1.807, 2.05) is 18.2 Å². The Kier molecular flexibility index (Phi) is 3.82. The zero-order chi connectivity index (χ0) is 18.6. The minimum absolute atomic E-state index is 0.00871. The lowest BCUT2D eigenvalue weighted by molar-refractivity contribution is -0.384. The number of hydrogen-bond donors (Lipinski definition) is 0. The summed E-state index contributed by atoms with van der Waals surface area (Å²) in [6.07, 6.45) is 3.85. The maximum Gasteiger partial charge on any atom is 0.272 e. The Morgan fingerprint density at radius 3 is 2.23 bits per heavy atom. The van der Waals surface area contributed by atoms with Crippen molar-refractivity contribution in [3.63, 3.8) is 0 Å². The lowest BCUT2D eigenvalue weighted by Crippen LogP contribution is -2.21. The topological polar surface area (TPSA) is 65.1 Å². The molecule has 0 atom stereocenters. The molecule has 1 aliphatic carbocycles. The molecule has 0 bridgehead atoms. The minimum atomic E-state index is -0.568. The van der Waals surface area contributed by atoms with Crippen LogP contribution in [0.2, 0.25) is 10.0 Å². The number of benzene rings is 2. The van der Waals surface area contributed by atoms with Gasteiger partial charge in [-0.1, -0.05) is 48.3 Å². The second kappa shape index (κ2) is 5.83. The molecule has 3 aromatic rings. The lowest BCUT2D eigenvalue weighted by atomic mass is 9.94. The summed E-state index contributed by atoms with van der Waals surface area (Å²) < 4.78 is 1.41. The molecular formula is C19H14Cl2N2O3. The maximum absolute atomic E-state index is 13.1. The van der Waals surface area contributed by atoms with Gasteiger partial charge >= 0.3 is 0 Å². The van der Waals surface area contributed by atoms with Gasteiger partial charge in [0.15, 0.2) is 0 Å². The van der Waals surface area contributed by atoms with Gasteiger partial charge in [0.2, 0.25) is 0 Å². The van der Waals surface area contributed by atoms with Crippen molar-refractivity contribution in [3.8, 4) is 5.69 Å². The predicted octanol–water partition coefficient (Wildman–Crippen LogP) is 5.26. The number of pyridine rings is 1. The van der Waals surface area contributed by atoms with Crippen LogP contribution in [-0.2, 0) is 5.41 Å². The minimum Gasteiger partial charge on any atom is -0.280 e. The number of fused-ring (bicyclic) bond motifs is 1. The van der Waals surface area contributed by atoms with Crippen molar-refractivity contribution < 1.29 is 4.92 Å². The Hall–Kier alpha value is -2.37. The van der Waals surface area contributed by atoms with Crippen molar-refractivity contribution in [2.45, 2.75) is 25.2 Å². The summed E-state index contributed by atoms with van der Waals surface area (Å²) in [5, 5.41) is 12.6. The van der Waals surface area contributed by atoms with Crippen LogP contribution in [0.1, 0.15) is 25.3 Å². The second-order valence-electron chi connectivity index (χ2n) is 6.84. The third-order valence-electron chi connectivity index (χ3n) is 5.03. The first-order chi connectivity index (χ1) is 12.3. The highest BCUT2D eigenvalue weighted by Gasteiger charge is 2.41. The number of nitro groups is 1. The van der Waals surface area contributed by atoms with Gasteiger partial charge in [0.1, 0.15) is 0 Å². The summed E-state index contributed by atoms with van der Waals surface area (Å²) in [6, 6.07) is 9.86. The van der Waals surface area contributed by atoms with Gasteiger partial charge in [-0.2, -0.15) is 0 Å². The Bertz CT molecular complexity index is 1110. The highest BCUT2D eigenvalue weighted by Crippen LogP contribution is 2.49. The zero-order valence-corrected chi connectivity index (χ0v) is 15.3. The van der Waals surface area contributed by atoms with Gasteiger partial charge in [0.05, 0.1) is 20.7 Å². The van der Waals surface area contributed by atoms with Crippen LogP contribution in [0.4, 0.5) is 5.69 Å². The molecule has 1 aromatic heterocycles. The Balaban J connectivity index is 2.06. The van der Waals surface area contributed by atoms with E-state index < -0.39 is 4.92 Å². The smallest absolute Gasteiger partial charge is 0.272 e. The van der Waals surface area contributed by atoms with Crippen molar-refractivity contribution >= 4 is 39.7 Å². The molecule has 5 nitrogen and oxygen atoms in total. The van der Waals surface area contributed by atoms with E-state index in [4.69, 9.17) is 23.2 Å². The van der Waals surface area contributed by atoms with Crippen LogP contribution in [0.5, 0.6) is 0 Å². The molecule has 2 aromatic carbocycles. The number of aromatic nitrogens is 1. The monoisotopic (exact) mass is 388 g/mol. The molecule has 0 unspecified atom stereocenters. The van der Waals surface area contributed by atoms with E-state index in [-0.39, 0.29) is 32.4 Å². The predicted molar refractivity (Wildman–Crippen MR) is 103 cm³/mol. The fourth-order valence-corrected chi connectivity index (χ4v) is 3.94. The molecule has 26 heavy (non-hydrogen) atoms. The summed E-state index contributed by atoms with van der Waals surface area (Å²) in [4.78, 5) is 23.5. The van der Waals surface area contributed by atoms with Gasteiger partial charge < -0.3 is 0 Å². The van der Waals surface area contributed by atoms with E-state index >= 15 is 0 Å². The molecule has 1 fully saturated rings. The normalized spacial score (nSPS) is 15.2. The quantitative estimate of drug-likeness (QED) is 0.454. The average molecular weight is 389 g/mol. The molecule has 0 N–H and O–H groups in total. The highest BCUT2D eigenvalue weighted by atomic mass is 35.5. The SMILES string of the molecule is CC1(c2cn(-c3c(Cl)cc([N+](=O)[O-])cc3Cl)c(=O)c3ccccc23)CC1. The van der Waals surface area contributed by atoms with Crippen molar-refractivity contribution in [1.29, 1.82) is 0 Å². The number of nitro benzene ring substituents is 1. The van der Waals surface area contributed by atoms with Crippen LogP contribution in [0.25, 0.3) is 16.5 Å². The largest absolute Gasteiger partial charge is 0.280 e. The third-order valence-corrected chi connectivity index (χ3v) is 5.60. The van der Waals surface area contributed by atoms with Crippen molar-refractivity contribution in [1.82, 2.24) is 4.57 Å². The number of non-ortho nitro benzene ring substituents is 1. The van der Waals surface area contributed by atoms with E-state index in [0.717, 1.165) is 23.8 Å². The van der Waals surface area contributed by atoms with Gasteiger partial charge in [0, 0.05) is 23.7 Å². The van der Waals surface area contributed by atoms with E-state index in [1.54, 1.807) is 12.3 Å². The van der Waals surface area contributed by atoms with Gasteiger partial charge in [-0.05, 0) is 35.3 Å². The van der Waals surface area contributed by atoms with E-state index in [1.165, 1.54) is 16.7 Å². The maximum atomic E-state index is 13.1. The summed E-state index contributed by atoms with van der Waals surface area (Å²) >= 11 is 12.5. The molecule has 0 spiro atoms. The molecule has 7 heteroatoms. The fraction of sp³-hybridized carbons (Fsp3) is 0.211. The zero-order valence-electron chi connectivity index (χ0n) is 13.8. The van der Waals surface area contributed by atoms with Crippen LogP contribution >= 0.6 is 23.2 Å². The third kappa shape index (κ3) is 2.59. The molecule has 1 saturated carbocycles. The van der Waals surface area contributed by atoms with Gasteiger partial charge in [-0.3, -0.25) is 19.5 Å². The molecule has 1 aliphatic rings. The molecule has 132 valence electrons. The van der Waals surface area contributed by atoms with Gasteiger partial charge in [-0.25, -0.2) is 0 Å². The molecule has 0 saturated heterocycles. The first-order valence-corrected chi connectivity index (χ1v) is 8.86. The Morgan fingerprint density at radius 1 is 1.12 bits per heavy atom. The fourth-order valence-electron chi connectivity index (χ4n) is 3.28. The van der Waals surface area contributed by atoms with Gasteiger partial charge in [-0.15, -0.1) is 0 Å². The molecule has 1 heterocycles. The van der Waals surface area contributed by atoms with Crippen molar-refractivity contribution in [3.05, 3.63) is 78.7 Å². The molecule has 0 radical (unpaired) electrons. The van der Waals surface area contributed by atoms with Crippen molar-refractivity contribution in [2.75, 3.05) is 0 Å². The summed E-state index contributed by atoms with van der Waals surface area (Å²) in [5.41, 5.74) is 0.853. The molecule has 0 aliphatic heterocycles. The number of hydrogen-bond acceptors (Lipinski definition) is 3. The summed E-state index contributed by atoms with van der Waals surface area (Å²) in [6.45, 7) is 2.16. The van der Waals surface area contributed by atoms with E-state index in [9.17, 15) is 14.9 Å². The number of nitrogens with zero attached hydrogens (tertiary/aromatic N) is 2. The standard InChI is InChI=1S/C19H14Cl2N2O3/c1-19(6-7-19)14-10-22(18(24)13-5-3-2-4-12(13)14)17-15(20)8-11(23(25)26)9-16(17)21/h2-5,8-10H,6-7H2,1H3. The Labute approximate surface area is 158 Å². The summed E-state index contributed by atoms with van der Waals surface area (Å²) in [7, 11) is 0. The van der Waals surface area contributed by atoms with Crippen LogP contribution in [-0.4, -0.2) is 9.49 Å². The second-order valence-corrected chi connectivity index (χ2v) is 7.65. The lowest BCUT2D eigenvalue weighted by Gasteiger charge is -2.18. The van der Waals surface area contributed by atoms with Crippen LogP contribution in [0.15, 0.2) is 47.4 Å². The number of halogens is 2. The molecule has 4 rings (SSSR count). The van der Waals surface area contributed by atoms with Crippen LogP contribution in [0, 0.1) is 10.1 Å². The van der Waals surface area contributed by atoms with E-state index in [0.29, 0.717) is 5.39 Å². The van der Waals surface area contributed by atoms with E-state index in [2.05, 4.69) is 6.92 Å². The van der Waals surface area contributed by atoms with Gasteiger partial charge in [0.25, 0.3) is 11.2 Å². The Morgan fingerprint density at radius 2 is 1.69 bits per heavy atom. The first kappa shape index (κ1) is 17.1. The first-order valence-electron chi connectivity index (χ1n) is 8.10. The number of rotatable bonds is 3.